The Kier molecular flexibility index (Phi) is 8.76. The van der Waals surface area contributed by atoms with Gasteiger partial charge in [-0.3, -0.25) is 4.79 Å². The summed E-state index contributed by atoms with van der Waals surface area (Å²) in [5.74, 6) is 1.79. The maximum absolute atomic E-state index is 12.5. The summed E-state index contributed by atoms with van der Waals surface area (Å²) in [6.07, 6.45) is 14.5. The van der Waals surface area contributed by atoms with E-state index in [-0.39, 0.29) is 5.91 Å². The van der Waals surface area contributed by atoms with E-state index < -0.39 is 0 Å². The van der Waals surface area contributed by atoms with E-state index in [1.54, 1.807) is 0 Å². The van der Waals surface area contributed by atoms with Gasteiger partial charge in [0.15, 0.2) is 0 Å². The van der Waals surface area contributed by atoms with Gasteiger partial charge in [-0.1, -0.05) is 62.9 Å². The third kappa shape index (κ3) is 6.97. The Morgan fingerprint density at radius 1 is 1.03 bits per heavy atom. The Morgan fingerprint density at radius 2 is 1.72 bits per heavy atom. The van der Waals surface area contributed by atoms with E-state index in [4.69, 9.17) is 5.41 Å². The van der Waals surface area contributed by atoms with Crippen molar-refractivity contribution in [2.24, 2.45) is 17.8 Å². The first-order valence-electron chi connectivity index (χ1n) is 12.1. The summed E-state index contributed by atoms with van der Waals surface area (Å²) in [7, 11) is 0. The van der Waals surface area contributed by atoms with E-state index in [0.29, 0.717) is 30.2 Å². The molecule has 2 aliphatic carbocycles. The lowest BCUT2D eigenvalue weighted by molar-refractivity contribution is -0.123. The zero-order chi connectivity index (χ0) is 20.5. The molecule has 2 fully saturated rings. The smallest absolute Gasteiger partial charge is 0.220 e. The molecule has 0 radical (unpaired) electrons. The van der Waals surface area contributed by atoms with Gasteiger partial charge in [0.05, 0.1) is 0 Å². The Labute approximate surface area is 177 Å². The van der Waals surface area contributed by atoms with Crippen LogP contribution >= 0.6 is 0 Å². The molecule has 0 aromatic heterocycles. The molecule has 29 heavy (non-hydrogen) atoms. The number of nitrogens with one attached hydrogen (secondary N) is 2. The molecule has 0 saturated heterocycles. The van der Waals surface area contributed by atoms with Gasteiger partial charge in [-0.15, -0.1) is 0 Å². The highest BCUT2D eigenvalue weighted by Crippen LogP contribution is 2.37. The van der Waals surface area contributed by atoms with Crippen LogP contribution in [0.2, 0.25) is 0 Å². The molecule has 3 rings (SSSR count). The van der Waals surface area contributed by atoms with Gasteiger partial charge in [-0.05, 0) is 68.8 Å². The zero-order valence-electron chi connectivity index (χ0n) is 18.3. The monoisotopic (exact) mass is 396 g/mol. The first-order valence-corrected chi connectivity index (χ1v) is 12.1. The van der Waals surface area contributed by atoms with E-state index >= 15 is 0 Å². The minimum absolute atomic E-state index is 0.278. The molecule has 160 valence electrons. The van der Waals surface area contributed by atoms with Gasteiger partial charge in [-0.2, -0.15) is 0 Å². The summed E-state index contributed by atoms with van der Waals surface area (Å²) in [4.78, 5) is 12.5. The Balaban J connectivity index is 1.49. The first-order chi connectivity index (χ1) is 14.2. The highest BCUT2D eigenvalue weighted by molar-refractivity contribution is 5.84. The number of hydrogen-bond acceptors (Lipinski definition) is 2. The third-order valence-corrected chi connectivity index (χ3v) is 7.17. The Morgan fingerprint density at radius 3 is 2.38 bits per heavy atom. The highest BCUT2D eigenvalue weighted by Gasteiger charge is 2.31. The van der Waals surface area contributed by atoms with Crippen LogP contribution in [0.4, 0.5) is 0 Å². The molecule has 1 amide bonds. The van der Waals surface area contributed by atoms with Crippen molar-refractivity contribution in [1.82, 2.24) is 5.32 Å². The second kappa shape index (κ2) is 11.5. The van der Waals surface area contributed by atoms with Crippen molar-refractivity contribution in [3.63, 3.8) is 0 Å². The van der Waals surface area contributed by atoms with Crippen LogP contribution in [0.5, 0.6) is 0 Å². The molecule has 0 heterocycles. The predicted octanol–water partition coefficient (Wildman–Crippen LogP) is 6.31. The average Bonchev–Trinajstić information content (AvgIpc) is 2.74. The number of amides is 1. The minimum Gasteiger partial charge on any atom is -0.353 e. The maximum atomic E-state index is 12.5. The molecule has 0 bridgehead atoms. The fourth-order valence-electron chi connectivity index (χ4n) is 5.49. The van der Waals surface area contributed by atoms with Gasteiger partial charge in [0.25, 0.3) is 0 Å². The molecule has 2 saturated carbocycles. The van der Waals surface area contributed by atoms with Crippen LogP contribution in [-0.2, 0) is 11.2 Å². The predicted molar refractivity (Wildman–Crippen MR) is 121 cm³/mol. The number of carbonyl (C=O) groups excluding carboxylic acids is 1. The molecular weight excluding hydrogens is 356 g/mol. The highest BCUT2D eigenvalue weighted by atomic mass is 16.1. The van der Waals surface area contributed by atoms with Crippen molar-refractivity contribution in [3.8, 4) is 0 Å². The lowest BCUT2D eigenvalue weighted by atomic mass is 9.71. The maximum Gasteiger partial charge on any atom is 0.220 e. The van der Waals surface area contributed by atoms with E-state index in [0.717, 1.165) is 37.8 Å². The number of benzene rings is 1. The molecule has 1 aromatic carbocycles. The number of hydrogen-bond donors (Lipinski definition) is 2. The van der Waals surface area contributed by atoms with Crippen LogP contribution in [0.3, 0.4) is 0 Å². The van der Waals surface area contributed by atoms with Crippen molar-refractivity contribution in [3.05, 3.63) is 35.9 Å². The Bertz CT molecular complexity index is 627. The summed E-state index contributed by atoms with van der Waals surface area (Å²) >= 11 is 0. The lowest BCUT2D eigenvalue weighted by Crippen LogP contribution is -2.37. The fourth-order valence-corrected chi connectivity index (χ4v) is 5.49. The standard InChI is InChI=1S/C26H40N2O/c1-2-9-25(27)24(18-20-10-5-3-6-11-20)22-16-14-21(15-17-22)19-26(29)28-23-12-7-4-8-13-23/h3,5-6,10-11,21-24,27H,2,4,7-9,12-19H2,1H3,(H,28,29). The van der Waals surface area contributed by atoms with Crippen molar-refractivity contribution < 1.29 is 4.79 Å². The van der Waals surface area contributed by atoms with Gasteiger partial charge in [0.2, 0.25) is 5.91 Å². The first kappa shape index (κ1) is 22.1. The molecular formula is C26H40N2O. The molecule has 1 unspecified atom stereocenters. The molecule has 2 N–H and O–H groups in total. The SMILES string of the molecule is CCCC(=N)C(Cc1ccccc1)C1CCC(CC(=O)NC2CCCCC2)CC1. The molecule has 3 nitrogen and oxygen atoms in total. The molecule has 0 spiro atoms. The van der Waals surface area contributed by atoms with Gasteiger partial charge in [0, 0.05) is 24.1 Å². The zero-order valence-corrected chi connectivity index (χ0v) is 18.3. The number of rotatable bonds is 9. The normalized spacial score (nSPS) is 24.0. The fraction of sp³-hybridized carbons (Fsp3) is 0.692. The summed E-state index contributed by atoms with van der Waals surface area (Å²) in [5, 5.41) is 12.0. The molecule has 0 aliphatic heterocycles. The summed E-state index contributed by atoms with van der Waals surface area (Å²) in [6.45, 7) is 2.18. The van der Waals surface area contributed by atoms with Gasteiger partial charge >= 0.3 is 0 Å². The van der Waals surface area contributed by atoms with Crippen molar-refractivity contribution in [2.45, 2.75) is 96.4 Å². The van der Waals surface area contributed by atoms with Crippen LogP contribution < -0.4 is 5.32 Å². The summed E-state index contributed by atoms with van der Waals surface area (Å²) in [5.41, 5.74) is 2.29. The minimum atomic E-state index is 0.278. The summed E-state index contributed by atoms with van der Waals surface area (Å²) < 4.78 is 0. The third-order valence-electron chi connectivity index (χ3n) is 7.17. The number of carbonyl (C=O) groups is 1. The second-order valence-electron chi connectivity index (χ2n) is 9.46. The molecule has 3 heteroatoms. The molecule has 2 aliphatic rings. The lowest BCUT2D eigenvalue weighted by Gasteiger charge is -2.34. The van der Waals surface area contributed by atoms with Crippen LogP contribution in [0.1, 0.15) is 89.5 Å². The van der Waals surface area contributed by atoms with E-state index in [2.05, 4.69) is 42.6 Å². The Hall–Kier alpha value is -1.64. The second-order valence-corrected chi connectivity index (χ2v) is 9.46. The van der Waals surface area contributed by atoms with E-state index in [9.17, 15) is 4.79 Å². The van der Waals surface area contributed by atoms with Crippen LogP contribution in [0.15, 0.2) is 30.3 Å². The quantitative estimate of drug-likeness (QED) is 0.472. The van der Waals surface area contributed by atoms with Crippen LogP contribution in [-0.4, -0.2) is 17.7 Å². The van der Waals surface area contributed by atoms with Gasteiger partial charge in [0.1, 0.15) is 0 Å². The van der Waals surface area contributed by atoms with E-state index in [1.165, 1.54) is 50.5 Å². The van der Waals surface area contributed by atoms with Gasteiger partial charge in [-0.25, -0.2) is 0 Å². The average molecular weight is 397 g/mol. The van der Waals surface area contributed by atoms with E-state index in [1.807, 2.05) is 0 Å². The van der Waals surface area contributed by atoms with Crippen molar-refractivity contribution >= 4 is 11.6 Å². The van der Waals surface area contributed by atoms with Crippen LogP contribution in [0, 0.1) is 23.2 Å². The van der Waals surface area contributed by atoms with Crippen molar-refractivity contribution in [2.75, 3.05) is 0 Å². The van der Waals surface area contributed by atoms with Gasteiger partial charge < -0.3 is 10.7 Å². The molecule has 1 aromatic rings. The van der Waals surface area contributed by atoms with Crippen LogP contribution in [0.25, 0.3) is 0 Å². The van der Waals surface area contributed by atoms with Crippen molar-refractivity contribution in [1.29, 1.82) is 5.41 Å². The molecule has 1 atom stereocenters. The largest absolute Gasteiger partial charge is 0.353 e. The topological polar surface area (TPSA) is 53.0 Å². The summed E-state index contributed by atoms with van der Waals surface area (Å²) in [6, 6.07) is 11.1.